The molecule has 1 fully saturated rings. The van der Waals surface area contributed by atoms with E-state index >= 15 is 0 Å². The number of fused-ring (bicyclic) bond motifs is 1. The average molecular weight is 234 g/mol. The SMILES string of the molecule is C=C1C(=O)C/C=C(\C)[C@@H](O)C[C@@H]2[C@@H]1CC2(C)C. The Balaban J connectivity index is 2.28. The van der Waals surface area contributed by atoms with Gasteiger partial charge in [0, 0.05) is 6.42 Å². The smallest absolute Gasteiger partial charge is 0.162 e. The molecule has 0 bridgehead atoms. The van der Waals surface area contributed by atoms with Gasteiger partial charge >= 0.3 is 0 Å². The monoisotopic (exact) mass is 234 g/mol. The van der Waals surface area contributed by atoms with Crippen LogP contribution in [0.4, 0.5) is 0 Å². The van der Waals surface area contributed by atoms with Crippen molar-refractivity contribution in [3.05, 3.63) is 23.8 Å². The van der Waals surface area contributed by atoms with Crippen molar-refractivity contribution in [1.29, 1.82) is 0 Å². The molecule has 1 saturated carbocycles. The second-order valence-corrected chi connectivity index (χ2v) is 6.26. The molecular weight excluding hydrogens is 212 g/mol. The van der Waals surface area contributed by atoms with E-state index in [0.29, 0.717) is 12.3 Å². The van der Waals surface area contributed by atoms with E-state index in [1.54, 1.807) is 0 Å². The highest BCUT2D eigenvalue weighted by atomic mass is 16.3. The molecule has 0 aromatic carbocycles. The van der Waals surface area contributed by atoms with Gasteiger partial charge < -0.3 is 5.11 Å². The molecule has 2 heteroatoms. The van der Waals surface area contributed by atoms with Gasteiger partial charge in [0.15, 0.2) is 5.78 Å². The summed E-state index contributed by atoms with van der Waals surface area (Å²) in [4.78, 5) is 11.9. The number of carbonyl (C=O) groups excluding carboxylic acids is 1. The van der Waals surface area contributed by atoms with Gasteiger partial charge in [0.2, 0.25) is 0 Å². The van der Waals surface area contributed by atoms with Gasteiger partial charge in [0.1, 0.15) is 0 Å². The molecule has 17 heavy (non-hydrogen) atoms. The first-order chi connectivity index (χ1) is 7.83. The van der Waals surface area contributed by atoms with Crippen LogP contribution in [0.25, 0.3) is 0 Å². The Morgan fingerprint density at radius 3 is 2.71 bits per heavy atom. The number of hydrogen-bond acceptors (Lipinski definition) is 2. The van der Waals surface area contributed by atoms with Gasteiger partial charge in [-0.05, 0) is 48.2 Å². The number of Topliss-reactive ketones (excluding diaryl/α,β-unsaturated/α-hetero) is 1. The van der Waals surface area contributed by atoms with Crippen LogP contribution in [0, 0.1) is 17.3 Å². The van der Waals surface area contributed by atoms with E-state index in [9.17, 15) is 9.90 Å². The molecule has 2 rings (SSSR count). The second-order valence-electron chi connectivity index (χ2n) is 6.26. The van der Waals surface area contributed by atoms with Crippen LogP contribution in [0.1, 0.15) is 40.0 Å². The largest absolute Gasteiger partial charge is 0.389 e. The molecule has 2 aliphatic rings. The minimum Gasteiger partial charge on any atom is -0.389 e. The number of aliphatic hydroxyl groups is 1. The molecule has 94 valence electrons. The lowest BCUT2D eigenvalue weighted by Gasteiger charge is -2.53. The summed E-state index contributed by atoms with van der Waals surface area (Å²) in [5.41, 5.74) is 1.92. The van der Waals surface area contributed by atoms with E-state index in [2.05, 4.69) is 20.4 Å². The molecule has 0 amide bonds. The normalized spacial score (nSPS) is 40.2. The Labute approximate surface area is 103 Å². The van der Waals surface area contributed by atoms with E-state index in [1.165, 1.54) is 0 Å². The third-order valence-corrected chi connectivity index (χ3v) is 4.65. The zero-order valence-corrected chi connectivity index (χ0v) is 11.0. The van der Waals surface area contributed by atoms with Crippen molar-refractivity contribution < 1.29 is 9.90 Å². The second kappa shape index (κ2) is 4.09. The maximum absolute atomic E-state index is 11.9. The van der Waals surface area contributed by atoms with E-state index in [-0.39, 0.29) is 17.1 Å². The van der Waals surface area contributed by atoms with Crippen LogP contribution < -0.4 is 0 Å². The summed E-state index contributed by atoms with van der Waals surface area (Å²) in [5.74, 6) is 0.811. The number of hydrogen-bond donors (Lipinski definition) is 1. The fourth-order valence-electron chi connectivity index (χ4n) is 3.25. The van der Waals surface area contributed by atoms with Gasteiger partial charge in [0.05, 0.1) is 6.10 Å². The summed E-state index contributed by atoms with van der Waals surface area (Å²) in [5, 5.41) is 10.1. The van der Waals surface area contributed by atoms with Crippen molar-refractivity contribution in [1.82, 2.24) is 0 Å². The molecule has 0 spiro atoms. The number of allylic oxidation sites excluding steroid dienone is 2. The van der Waals surface area contributed by atoms with Gasteiger partial charge in [0.25, 0.3) is 0 Å². The molecule has 1 N–H and O–H groups in total. The maximum Gasteiger partial charge on any atom is 0.162 e. The van der Waals surface area contributed by atoms with Gasteiger partial charge in [-0.15, -0.1) is 0 Å². The molecule has 2 aliphatic carbocycles. The molecule has 2 nitrogen and oxygen atoms in total. The Hall–Kier alpha value is -0.890. The van der Waals surface area contributed by atoms with Crippen LogP contribution in [0.3, 0.4) is 0 Å². The van der Waals surface area contributed by atoms with Gasteiger partial charge in [-0.3, -0.25) is 4.79 Å². The van der Waals surface area contributed by atoms with Gasteiger partial charge in [-0.25, -0.2) is 0 Å². The molecule has 3 atom stereocenters. The third-order valence-electron chi connectivity index (χ3n) is 4.65. The zero-order valence-electron chi connectivity index (χ0n) is 11.0. The van der Waals surface area contributed by atoms with Crippen molar-refractivity contribution in [2.45, 2.75) is 46.1 Å². The Kier molecular flexibility index (Phi) is 3.03. The molecule has 0 unspecified atom stereocenters. The van der Waals surface area contributed by atoms with Gasteiger partial charge in [-0.2, -0.15) is 0 Å². The first-order valence-electron chi connectivity index (χ1n) is 6.39. The van der Waals surface area contributed by atoms with Crippen LogP contribution in [0.2, 0.25) is 0 Å². The maximum atomic E-state index is 11.9. The summed E-state index contributed by atoms with van der Waals surface area (Å²) in [6.45, 7) is 10.3. The third kappa shape index (κ3) is 2.11. The Morgan fingerprint density at radius 1 is 1.47 bits per heavy atom. The number of rotatable bonds is 0. The fourth-order valence-corrected chi connectivity index (χ4v) is 3.25. The first kappa shape index (κ1) is 12.6. The summed E-state index contributed by atoms with van der Waals surface area (Å²) >= 11 is 0. The topological polar surface area (TPSA) is 37.3 Å². The average Bonchev–Trinajstić information content (AvgIpc) is 2.29. The van der Waals surface area contributed by atoms with Crippen LogP contribution in [0.15, 0.2) is 23.8 Å². The highest BCUT2D eigenvalue weighted by Crippen LogP contribution is 2.56. The number of ketones is 1. The summed E-state index contributed by atoms with van der Waals surface area (Å²) in [6.07, 6.45) is 3.63. The minimum absolute atomic E-state index is 0.143. The van der Waals surface area contributed by atoms with Crippen LogP contribution in [-0.2, 0) is 4.79 Å². The predicted molar refractivity (Wildman–Crippen MR) is 68.5 cm³/mol. The highest BCUT2D eigenvalue weighted by Gasteiger charge is 2.49. The molecule has 0 radical (unpaired) electrons. The van der Waals surface area contributed by atoms with E-state index in [1.807, 2.05) is 13.0 Å². The number of carbonyl (C=O) groups is 1. The fraction of sp³-hybridized carbons (Fsp3) is 0.667. The highest BCUT2D eigenvalue weighted by molar-refractivity contribution is 5.96. The van der Waals surface area contributed by atoms with Crippen LogP contribution in [-0.4, -0.2) is 17.0 Å². The van der Waals surface area contributed by atoms with E-state index < -0.39 is 6.10 Å². The van der Waals surface area contributed by atoms with Crippen molar-refractivity contribution in [3.8, 4) is 0 Å². The lowest BCUT2D eigenvalue weighted by atomic mass is 9.52. The molecule has 0 heterocycles. The van der Waals surface area contributed by atoms with Crippen molar-refractivity contribution in [3.63, 3.8) is 0 Å². The summed E-state index contributed by atoms with van der Waals surface area (Å²) in [7, 11) is 0. The van der Waals surface area contributed by atoms with Crippen molar-refractivity contribution in [2.75, 3.05) is 0 Å². The number of aliphatic hydroxyl groups excluding tert-OH is 1. The first-order valence-corrected chi connectivity index (χ1v) is 6.39. The molecule has 0 aromatic rings. The van der Waals surface area contributed by atoms with Crippen LogP contribution in [0.5, 0.6) is 0 Å². The zero-order chi connectivity index (χ0) is 12.8. The quantitative estimate of drug-likeness (QED) is 0.517. The van der Waals surface area contributed by atoms with Crippen molar-refractivity contribution in [2.24, 2.45) is 17.3 Å². The van der Waals surface area contributed by atoms with Crippen LogP contribution >= 0.6 is 0 Å². The van der Waals surface area contributed by atoms with E-state index in [4.69, 9.17) is 0 Å². The summed E-state index contributed by atoms with van der Waals surface area (Å²) in [6, 6.07) is 0. The lowest BCUT2D eigenvalue weighted by Crippen LogP contribution is -2.47. The standard InChI is InChI=1S/C15H22O2/c1-9-5-6-13(16)10(2)11-8-15(3,4)12(11)7-14(9)17/h5,11-12,14,17H,2,6-8H2,1,3-4H3/b9-5+/t11-,12-,14+/m1/s1. The molecular formula is C15H22O2. The van der Waals surface area contributed by atoms with Gasteiger partial charge in [-0.1, -0.05) is 26.5 Å². The molecule has 0 aliphatic heterocycles. The summed E-state index contributed by atoms with van der Waals surface area (Å²) < 4.78 is 0. The lowest BCUT2D eigenvalue weighted by molar-refractivity contribution is -0.117. The Morgan fingerprint density at radius 2 is 2.12 bits per heavy atom. The molecule has 0 saturated heterocycles. The predicted octanol–water partition coefficient (Wildman–Crippen LogP) is 2.88. The Bertz CT molecular complexity index is 390. The molecule has 0 aromatic heterocycles. The minimum atomic E-state index is -0.402. The van der Waals surface area contributed by atoms with E-state index in [0.717, 1.165) is 24.0 Å². The van der Waals surface area contributed by atoms with Crippen molar-refractivity contribution >= 4 is 5.78 Å².